The number of nitrogens with two attached hydrogens (primary N) is 2. The molecule has 1 aromatic carbocycles. The number of piperidine rings is 1. The molecule has 4 N–H and O–H groups in total. The Hall–Kier alpha value is -0.960. The third-order valence-corrected chi connectivity index (χ3v) is 5.18. The maximum atomic E-state index is 12.6. The summed E-state index contributed by atoms with van der Waals surface area (Å²) < 4.78 is 23.7. The van der Waals surface area contributed by atoms with Crippen LogP contribution in [0.4, 0.5) is 0 Å². The zero-order chi connectivity index (χ0) is 15.8. The summed E-state index contributed by atoms with van der Waals surface area (Å²) >= 11 is 3.23. The van der Waals surface area contributed by atoms with Gasteiger partial charge in [0.2, 0.25) is 10.0 Å². The second kappa shape index (κ2) is 6.04. The smallest absolute Gasteiger partial charge is 0.254 e. The molecular formula is C13H18BrN3O3S. The van der Waals surface area contributed by atoms with Gasteiger partial charge in [0.15, 0.2) is 0 Å². The summed E-state index contributed by atoms with van der Waals surface area (Å²) in [5.74, 6) is -0.189. The van der Waals surface area contributed by atoms with Gasteiger partial charge in [-0.05, 0) is 37.5 Å². The molecule has 1 aliphatic heterocycles. The van der Waals surface area contributed by atoms with Gasteiger partial charge in [-0.15, -0.1) is 0 Å². The van der Waals surface area contributed by atoms with Gasteiger partial charge in [0, 0.05) is 29.2 Å². The summed E-state index contributed by atoms with van der Waals surface area (Å²) in [6, 6.07) is 3.16. The van der Waals surface area contributed by atoms with Crippen molar-refractivity contribution in [2.24, 2.45) is 10.9 Å². The summed E-state index contributed by atoms with van der Waals surface area (Å²) in [6.45, 7) is 2.75. The van der Waals surface area contributed by atoms with Crippen LogP contribution in [0.25, 0.3) is 0 Å². The van der Waals surface area contributed by atoms with Crippen molar-refractivity contribution in [2.75, 3.05) is 13.1 Å². The van der Waals surface area contributed by atoms with Crippen LogP contribution in [0.15, 0.2) is 21.5 Å². The highest BCUT2D eigenvalue weighted by atomic mass is 79.9. The molecule has 0 saturated carbocycles. The van der Waals surface area contributed by atoms with Crippen LogP contribution < -0.4 is 10.9 Å². The number of likely N-dealkylation sites (tertiary alicyclic amines) is 1. The second-order valence-electron chi connectivity index (χ2n) is 5.25. The number of rotatable bonds is 2. The SMILES string of the molecule is Cc1c(C(=O)N2CCC(N)CC2)cc(Br)cc1S(N)(=O)=O. The molecule has 0 aromatic heterocycles. The number of amides is 1. The van der Waals surface area contributed by atoms with Crippen molar-refractivity contribution >= 4 is 31.9 Å². The summed E-state index contributed by atoms with van der Waals surface area (Å²) in [5.41, 5.74) is 6.56. The van der Waals surface area contributed by atoms with E-state index in [0.29, 0.717) is 28.7 Å². The number of benzene rings is 1. The number of primary sulfonamides is 1. The quantitative estimate of drug-likeness (QED) is 0.802. The van der Waals surface area contributed by atoms with E-state index < -0.39 is 10.0 Å². The predicted octanol–water partition coefficient (Wildman–Crippen LogP) is 0.968. The third kappa shape index (κ3) is 3.63. The normalized spacial score (nSPS) is 17.0. The van der Waals surface area contributed by atoms with Gasteiger partial charge in [-0.2, -0.15) is 0 Å². The first-order valence-corrected chi connectivity index (χ1v) is 8.92. The lowest BCUT2D eigenvalue weighted by Gasteiger charge is -2.30. The number of sulfonamides is 1. The van der Waals surface area contributed by atoms with Crippen LogP contribution in [0.2, 0.25) is 0 Å². The van der Waals surface area contributed by atoms with Gasteiger partial charge in [0.25, 0.3) is 5.91 Å². The molecule has 0 spiro atoms. The highest BCUT2D eigenvalue weighted by molar-refractivity contribution is 9.10. The molecule has 0 aliphatic carbocycles. The minimum absolute atomic E-state index is 0.0334. The van der Waals surface area contributed by atoms with E-state index in [9.17, 15) is 13.2 Å². The molecule has 0 radical (unpaired) electrons. The van der Waals surface area contributed by atoms with Gasteiger partial charge in [-0.1, -0.05) is 15.9 Å². The molecule has 1 amide bonds. The standard InChI is InChI=1S/C13H18BrN3O3S/c1-8-11(6-9(14)7-12(8)21(16,19)20)13(18)17-4-2-10(15)3-5-17/h6-7,10H,2-5,15H2,1H3,(H2,16,19,20). The van der Waals surface area contributed by atoms with Crippen LogP contribution in [0.1, 0.15) is 28.8 Å². The van der Waals surface area contributed by atoms with Gasteiger partial charge < -0.3 is 10.6 Å². The van der Waals surface area contributed by atoms with Crippen molar-refractivity contribution in [3.05, 3.63) is 27.7 Å². The number of hydrogen-bond donors (Lipinski definition) is 2. The monoisotopic (exact) mass is 375 g/mol. The molecular weight excluding hydrogens is 358 g/mol. The van der Waals surface area contributed by atoms with Crippen molar-refractivity contribution in [3.8, 4) is 0 Å². The van der Waals surface area contributed by atoms with Crippen molar-refractivity contribution < 1.29 is 13.2 Å². The van der Waals surface area contributed by atoms with E-state index in [1.54, 1.807) is 17.9 Å². The Morgan fingerprint density at radius 2 is 1.90 bits per heavy atom. The molecule has 1 aromatic rings. The lowest BCUT2D eigenvalue weighted by molar-refractivity contribution is 0.0713. The summed E-state index contributed by atoms with van der Waals surface area (Å²) in [7, 11) is -3.87. The Kier molecular flexibility index (Phi) is 4.72. The first-order chi connectivity index (χ1) is 9.70. The van der Waals surface area contributed by atoms with E-state index in [1.807, 2.05) is 0 Å². The highest BCUT2D eigenvalue weighted by Crippen LogP contribution is 2.25. The average Bonchev–Trinajstić information content (AvgIpc) is 2.40. The molecule has 21 heavy (non-hydrogen) atoms. The zero-order valence-corrected chi connectivity index (χ0v) is 14.1. The topological polar surface area (TPSA) is 106 Å². The number of nitrogens with zero attached hydrogens (tertiary/aromatic N) is 1. The highest BCUT2D eigenvalue weighted by Gasteiger charge is 2.25. The van der Waals surface area contributed by atoms with Crippen LogP contribution in [0, 0.1) is 6.92 Å². The molecule has 1 aliphatic rings. The average molecular weight is 376 g/mol. The van der Waals surface area contributed by atoms with E-state index in [-0.39, 0.29) is 16.8 Å². The van der Waals surface area contributed by atoms with E-state index in [1.165, 1.54) is 6.07 Å². The molecule has 2 rings (SSSR count). The fraction of sp³-hybridized carbons (Fsp3) is 0.462. The summed E-state index contributed by atoms with van der Waals surface area (Å²) in [5, 5.41) is 5.20. The van der Waals surface area contributed by atoms with Gasteiger partial charge in [-0.3, -0.25) is 4.79 Å². The molecule has 0 bridgehead atoms. The van der Waals surface area contributed by atoms with Crippen molar-refractivity contribution in [1.29, 1.82) is 0 Å². The number of carbonyl (C=O) groups excluding carboxylic acids is 1. The molecule has 0 atom stereocenters. The van der Waals surface area contributed by atoms with Crippen LogP contribution in [-0.2, 0) is 10.0 Å². The lowest BCUT2D eigenvalue weighted by atomic mass is 10.0. The van der Waals surface area contributed by atoms with Crippen molar-refractivity contribution in [1.82, 2.24) is 4.90 Å². The lowest BCUT2D eigenvalue weighted by Crippen LogP contribution is -2.43. The molecule has 116 valence electrons. The molecule has 0 unspecified atom stereocenters. The van der Waals surface area contributed by atoms with Gasteiger partial charge in [0.05, 0.1) is 4.90 Å². The van der Waals surface area contributed by atoms with E-state index >= 15 is 0 Å². The van der Waals surface area contributed by atoms with Gasteiger partial charge >= 0.3 is 0 Å². The molecule has 1 fully saturated rings. The number of hydrogen-bond acceptors (Lipinski definition) is 4. The molecule has 8 heteroatoms. The van der Waals surface area contributed by atoms with Crippen LogP contribution >= 0.6 is 15.9 Å². The number of halogens is 1. The molecule has 6 nitrogen and oxygen atoms in total. The minimum Gasteiger partial charge on any atom is -0.339 e. The zero-order valence-electron chi connectivity index (χ0n) is 11.7. The number of carbonyl (C=O) groups is 1. The van der Waals surface area contributed by atoms with Crippen molar-refractivity contribution in [2.45, 2.75) is 30.7 Å². The predicted molar refractivity (Wildman–Crippen MR) is 83.4 cm³/mol. The minimum atomic E-state index is -3.87. The molecule has 1 saturated heterocycles. The maximum Gasteiger partial charge on any atom is 0.254 e. The fourth-order valence-corrected chi connectivity index (χ4v) is 3.88. The van der Waals surface area contributed by atoms with Crippen LogP contribution in [0.5, 0.6) is 0 Å². The van der Waals surface area contributed by atoms with Crippen LogP contribution in [0.3, 0.4) is 0 Å². The van der Waals surface area contributed by atoms with E-state index in [2.05, 4.69) is 15.9 Å². The summed E-state index contributed by atoms with van der Waals surface area (Å²) in [6.07, 6.45) is 1.50. The maximum absolute atomic E-state index is 12.6. The van der Waals surface area contributed by atoms with E-state index in [0.717, 1.165) is 12.8 Å². The third-order valence-electron chi connectivity index (χ3n) is 3.69. The second-order valence-corrected chi connectivity index (χ2v) is 7.70. The Labute approximate surface area is 132 Å². The summed E-state index contributed by atoms with van der Waals surface area (Å²) in [4.78, 5) is 14.3. The Balaban J connectivity index is 2.40. The largest absolute Gasteiger partial charge is 0.339 e. The van der Waals surface area contributed by atoms with Crippen LogP contribution in [-0.4, -0.2) is 38.4 Å². The first-order valence-electron chi connectivity index (χ1n) is 6.58. The Morgan fingerprint density at radius 1 is 1.33 bits per heavy atom. The fourth-order valence-electron chi connectivity index (χ4n) is 2.44. The Bertz CT molecular complexity index is 667. The first kappa shape index (κ1) is 16.4. The van der Waals surface area contributed by atoms with Crippen molar-refractivity contribution in [3.63, 3.8) is 0 Å². The van der Waals surface area contributed by atoms with Gasteiger partial charge in [-0.25, -0.2) is 13.6 Å². The van der Waals surface area contributed by atoms with E-state index in [4.69, 9.17) is 10.9 Å². The molecule has 1 heterocycles. The van der Waals surface area contributed by atoms with Gasteiger partial charge in [0.1, 0.15) is 0 Å². The Morgan fingerprint density at radius 3 is 2.43 bits per heavy atom.